The van der Waals surface area contributed by atoms with E-state index in [0.29, 0.717) is 0 Å². The molecular formula is C8H15NO4. The van der Waals surface area contributed by atoms with Crippen LogP contribution >= 0.6 is 0 Å². The zero-order valence-electron chi connectivity index (χ0n) is 7.47. The maximum Gasteiger partial charge on any atom is 0.326 e. The van der Waals surface area contributed by atoms with Crippen LogP contribution in [0.15, 0.2) is 0 Å². The third-order valence-corrected chi connectivity index (χ3v) is 2.79. The van der Waals surface area contributed by atoms with E-state index in [1.807, 2.05) is 0 Å². The van der Waals surface area contributed by atoms with Crippen molar-refractivity contribution in [3.63, 3.8) is 0 Å². The molecule has 0 aromatic heterocycles. The van der Waals surface area contributed by atoms with Gasteiger partial charge in [-0.2, -0.15) is 0 Å². The molecule has 0 spiro atoms. The van der Waals surface area contributed by atoms with Crippen LogP contribution in [0.2, 0.25) is 0 Å². The van der Waals surface area contributed by atoms with Gasteiger partial charge in [-0.15, -0.1) is 0 Å². The average Bonchev–Trinajstić information content (AvgIpc) is 2.01. The Morgan fingerprint density at radius 2 is 2.08 bits per heavy atom. The van der Waals surface area contributed by atoms with Crippen LogP contribution in [0.25, 0.3) is 0 Å². The van der Waals surface area contributed by atoms with Gasteiger partial charge in [-0.3, -0.25) is 4.79 Å². The van der Waals surface area contributed by atoms with Crippen LogP contribution < -0.4 is 5.73 Å². The normalized spacial score (nSPS) is 46.0. The molecule has 4 atom stereocenters. The van der Waals surface area contributed by atoms with Crippen LogP contribution in [-0.4, -0.2) is 39.0 Å². The first-order valence-electron chi connectivity index (χ1n) is 4.26. The summed E-state index contributed by atoms with van der Waals surface area (Å²) in [6.07, 6.45) is -1.69. The molecule has 0 saturated heterocycles. The topological polar surface area (TPSA) is 104 Å². The van der Waals surface area contributed by atoms with Gasteiger partial charge in [0.15, 0.2) is 0 Å². The van der Waals surface area contributed by atoms with E-state index in [9.17, 15) is 15.0 Å². The summed E-state index contributed by atoms with van der Waals surface area (Å²) in [5.41, 5.74) is 3.80. The maximum absolute atomic E-state index is 10.7. The summed E-state index contributed by atoms with van der Waals surface area (Å²) < 4.78 is 0. The molecule has 0 bridgehead atoms. The number of hydrogen-bond acceptors (Lipinski definition) is 4. The van der Waals surface area contributed by atoms with Gasteiger partial charge in [-0.05, 0) is 12.3 Å². The Labute approximate surface area is 76.2 Å². The second kappa shape index (κ2) is 3.25. The first-order chi connectivity index (χ1) is 5.88. The number of nitrogens with two attached hydrogens (primary N) is 1. The summed E-state index contributed by atoms with van der Waals surface area (Å²) in [5.74, 6) is -1.36. The lowest BCUT2D eigenvalue weighted by Gasteiger charge is -2.39. The van der Waals surface area contributed by atoms with Crippen LogP contribution in [0.3, 0.4) is 0 Å². The number of aliphatic carboxylic acids is 1. The van der Waals surface area contributed by atoms with Gasteiger partial charge in [0.2, 0.25) is 0 Å². The third kappa shape index (κ3) is 1.67. The summed E-state index contributed by atoms with van der Waals surface area (Å²) in [5, 5.41) is 27.7. The fourth-order valence-corrected chi connectivity index (χ4v) is 1.63. The molecule has 0 unspecified atom stereocenters. The Kier molecular flexibility index (Phi) is 2.61. The quantitative estimate of drug-likeness (QED) is 0.420. The zero-order valence-corrected chi connectivity index (χ0v) is 7.47. The highest BCUT2D eigenvalue weighted by Crippen LogP contribution is 2.30. The summed E-state index contributed by atoms with van der Waals surface area (Å²) in [4.78, 5) is 10.7. The molecule has 5 heteroatoms. The number of rotatable bonds is 1. The molecule has 76 valence electrons. The van der Waals surface area contributed by atoms with Crippen LogP contribution in [-0.2, 0) is 4.79 Å². The first-order valence-corrected chi connectivity index (χ1v) is 4.26. The van der Waals surface area contributed by atoms with E-state index in [1.54, 1.807) is 6.92 Å². The molecule has 0 aliphatic heterocycles. The van der Waals surface area contributed by atoms with Crippen molar-refractivity contribution < 1.29 is 20.1 Å². The molecule has 1 aliphatic carbocycles. The van der Waals surface area contributed by atoms with Gasteiger partial charge in [0.1, 0.15) is 5.54 Å². The second-order valence-electron chi connectivity index (χ2n) is 3.85. The molecule has 1 rings (SSSR count). The van der Waals surface area contributed by atoms with Gasteiger partial charge in [0, 0.05) is 6.42 Å². The van der Waals surface area contributed by atoms with Crippen LogP contribution in [0, 0.1) is 5.92 Å². The monoisotopic (exact) mass is 189 g/mol. The van der Waals surface area contributed by atoms with E-state index in [2.05, 4.69) is 0 Å². The first kappa shape index (κ1) is 10.4. The highest BCUT2D eigenvalue weighted by Gasteiger charge is 2.48. The molecule has 0 aromatic rings. The molecule has 0 heterocycles. The second-order valence-corrected chi connectivity index (χ2v) is 3.85. The van der Waals surface area contributed by atoms with Crippen LogP contribution in [0.5, 0.6) is 0 Å². The van der Waals surface area contributed by atoms with Crippen molar-refractivity contribution >= 4 is 5.97 Å². The van der Waals surface area contributed by atoms with E-state index in [0.717, 1.165) is 0 Å². The fourth-order valence-electron chi connectivity index (χ4n) is 1.63. The van der Waals surface area contributed by atoms with Gasteiger partial charge >= 0.3 is 5.97 Å². The molecular weight excluding hydrogens is 174 g/mol. The van der Waals surface area contributed by atoms with Crippen molar-refractivity contribution in [2.24, 2.45) is 11.7 Å². The number of hydrogen-bond donors (Lipinski definition) is 4. The van der Waals surface area contributed by atoms with Crippen molar-refractivity contribution in [1.29, 1.82) is 0 Å². The minimum absolute atomic E-state index is 0.0926. The highest BCUT2D eigenvalue weighted by molar-refractivity contribution is 5.79. The molecule has 1 saturated carbocycles. The fraction of sp³-hybridized carbons (Fsp3) is 0.875. The van der Waals surface area contributed by atoms with E-state index in [-0.39, 0.29) is 18.8 Å². The van der Waals surface area contributed by atoms with Gasteiger partial charge in [0.25, 0.3) is 0 Å². The molecule has 0 aromatic carbocycles. The van der Waals surface area contributed by atoms with E-state index in [1.165, 1.54) is 0 Å². The molecule has 0 radical (unpaired) electrons. The number of aliphatic hydroxyl groups is 2. The van der Waals surface area contributed by atoms with Crippen molar-refractivity contribution in [2.75, 3.05) is 0 Å². The third-order valence-electron chi connectivity index (χ3n) is 2.79. The predicted octanol–water partition coefficient (Wildman–Crippen LogP) is -1.08. The van der Waals surface area contributed by atoms with Crippen molar-refractivity contribution in [1.82, 2.24) is 0 Å². The Bertz CT molecular complexity index is 220. The van der Waals surface area contributed by atoms with Crippen LogP contribution in [0.1, 0.15) is 19.8 Å². The van der Waals surface area contributed by atoms with Gasteiger partial charge < -0.3 is 21.1 Å². The number of carbonyl (C=O) groups is 1. The predicted molar refractivity (Wildman–Crippen MR) is 45.0 cm³/mol. The standard InChI is InChI=1S/C8H15NO4/c1-4-2-6(11)8(9,7(12)13)3-5(4)10/h4-6,10-11H,2-3,9H2,1H3,(H,12,13)/t4-,5+,6+,8-/m0/s1. The van der Waals surface area contributed by atoms with Gasteiger partial charge in [-0.25, -0.2) is 0 Å². The molecule has 1 fully saturated rings. The van der Waals surface area contributed by atoms with E-state index < -0.39 is 23.7 Å². The van der Waals surface area contributed by atoms with Gasteiger partial charge in [-0.1, -0.05) is 6.92 Å². The van der Waals surface area contributed by atoms with Crippen molar-refractivity contribution in [2.45, 2.75) is 37.5 Å². The van der Waals surface area contributed by atoms with E-state index in [4.69, 9.17) is 10.8 Å². The molecule has 5 N–H and O–H groups in total. The lowest BCUT2D eigenvalue weighted by molar-refractivity contribution is -0.155. The van der Waals surface area contributed by atoms with Crippen molar-refractivity contribution in [3.8, 4) is 0 Å². The molecule has 1 aliphatic rings. The number of carboxylic acid groups (broad SMARTS) is 1. The van der Waals surface area contributed by atoms with Gasteiger partial charge in [0.05, 0.1) is 12.2 Å². The minimum atomic E-state index is -1.69. The van der Waals surface area contributed by atoms with Crippen LogP contribution in [0.4, 0.5) is 0 Å². The Morgan fingerprint density at radius 3 is 2.54 bits per heavy atom. The summed E-state index contributed by atoms with van der Waals surface area (Å²) in [6, 6.07) is 0. The average molecular weight is 189 g/mol. The largest absolute Gasteiger partial charge is 0.480 e. The summed E-state index contributed by atoms with van der Waals surface area (Å²) in [6.45, 7) is 1.76. The minimum Gasteiger partial charge on any atom is -0.480 e. The Morgan fingerprint density at radius 1 is 1.54 bits per heavy atom. The Balaban J connectivity index is 2.82. The smallest absolute Gasteiger partial charge is 0.326 e. The number of aliphatic hydroxyl groups excluding tert-OH is 2. The molecule has 13 heavy (non-hydrogen) atoms. The highest BCUT2D eigenvalue weighted by atomic mass is 16.4. The summed E-state index contributed by atoms with van der Waals surface area (Å²) >= 11 is 0. The SMILES string of the molecule is C[C@H]1C[C@@H](O)[C@](N)(C(=O)O)C[C@H]1O. The summed E-state index contributed by atoms with van der Waals surface area (Å²) in [7, 11) is 0. The number of carboxylic acids is 1. The van der Waals surface area contributed by atoms with E-state index >= 15 is 0 Å². The van der Waals surface area contributed by atoms with Crippen molar-refractivity contribution in [3.05, 3.63) is 0 Å². The molecule has 0 amide bonds. The zero-order chi connectivity index (χ0) is 10.2. The Hall–Kier alpha value is -0.650. The molecule has 5 nitrogen and oxygen atoms in total. The maximum atomic E-state index is 10.7. The lowest BCUT2D eigenvalue weighted by atomic mass is 9.74. The lowest BCUT2D eigenvalue weighted by Crippen LogP contribution is -2.62.